The van der Waals surface area contributed by atoms with Crippen LogP contribution in [-0.2, 0) is 0 Å². The molecule has 140 valence electrons. The summed E-state index contributed by atoms with van der Waals surface area (Å²) in [5, 5.41) is 9.02. The van der Waals surface area contributed by atoms with Gasteiger partial charge in [0.1, 0.15) is 5.84 Å². The van der Waals surface area contributed by atoms with Gasteiger partial charge in [-0.1, -0.05) is 67.2 Å². The summed E-state index contributed by atoms with van der Waals surface area (Å²) < 4.78 is 0. The van der Waals surface area contributed by atoms with Gasteiger partial charge in [-0.15, -0.1) is 0 Å². The molecular formula is C24H23N3S. The van der Waals surface area contributed by atoms with E-state index in [1.807, 2.05) is 0 Å². The second-order valence-electron chi connectivity index (χ2n) is 7.59. The maximum absolute atomic E-state index is 8.43. The van der Waals surface area contributed by atoms with Crippen LogP contribution in [0.4, 0.5) is 0 Å². The van der Waals surface area contributed by atoms with E-state index in [1.54, 1.807) is 11.8 Å². The number of rotatable bonds is 2. The van der Waals surface area contributed by atoms with E-state index in [0.29, 0.717) is 11.1 Å². The number of thioether (sulfide) groups is 1. The summed E-state index contributed by atoms with van der Waals surface area (Å²) in [5.41, 5.74) is 6.39. The molecule has 1 N–H and O–H groups in total. The Kier molecular flexibility index (Phi) is 4.44. The fraction of sp³-hybridized carbons (Fsp3) is 0.250. The summed E-state index contributed by atoms with van der Waals surface area (Å²) in [6.07, 6.45) is 6.77. The van der Waals surface area contributed by atoms with Crippen molar-refractivity contribution in [1.29, 1.82) is 5.41 Å². The standard InChI is InChI=1S/C24H23N3S/c1-16-8-9-18(17-6-3-2-4-7-17)14-21(16)19-10-11-20-22(15-19)28-24(25)27-13-5-12-26-23(20)27/h2-4,6-7,9-11,14-16,25H,5,8,12-13H2,1H3. The molecule has 3 aliphatic rings. The topological polar surface area (TPSA) is 39.5 Å². The highest BCUT2D eigenvalue weighted by molar-refractivity contribution is 8.14. The molecule has 0 aromatic heterocycles. The zero-order chi connectivity index (χ0) is 19.1. The molecule has 1 unspecified atom stereocenters. The molecule has 28 heavy (non-hydrogen) atoms. The van der Waals surface area contributed by atoms with Crippen molar-refractivity contribution in [3.8, 4) is 0 Å². The van der Waals surface area contributed by atoms with E-state index in [1.165, 1.54) is 27.8 Å². The number of nitrogens with one attached hydrogen (secondary N) is 1. The number of amidine groups is 2. The zero-order valence-corrected chi connectivity index (χ0v) is 16.8. The maximum Gasteiger partial charge on any atom is 0.166 e. The Morgan fingerprint density at radius 1 is 1.11 bits per heavy atom. The zero-order valence-electron chi connectivity index (χ0n) is 16.0. The second-order valence-corrected chi connectivity index (χ2v) is 8.62. The number of nitrogens with zero attached hydrogens (tertiary/aromatic N) is 2. The Balaban J connectivity index is 1.54. The Labute approximate surface area is 170 Å². The van der Waals surface area contributed by atoms with Crippen molar-refractivity contribution in [2.24, 2.45) is 10.9 Å². The lowest BCUT2D eigenvalue weighted by atomic mass is 9.83. The molecule has 5 rings (SSSR count). The number of allylic oxidation sites excluding steroid dienone is 4. The van der Waals surface area contributed by atoms with E-state index >= 15 is 0 Å². The highest BCUT2D eigenvalue weighted by Gasteiger charge is 2.29. The van der Waals surface area contributed by atoms with E-state index in [9.17, 15) is 0 Å². The number of hydrogen-bond donors (Lipinski definition) is 1. The van der Waals surface area contributed by atoms with Gasteiger partial charge < -0.3 is 4.90 Å². The molecule has 2 aliphatic heterocycles. The van der Waals surface area contributed by atoms with Crippen LogP contribution in [0.2, 0.25) is 0 Å². The van der Waals surface area contributed by atoms with Crippen LogP contribution < -0.4 is 0 Å². The van der Waals surface area contributed by atoms with Gasteiger partial charge in [-0.05, 0) is 53.2 Å². The maximum atomic E-state index is 8.43. The summed E-state index contributed by atoms with van der Waals surface area (Å²) in [4.78, 5) is 7.92. The molecule has 2 heterocycles. The van der Waals surface area contributed by atoms with Gasteiger partial charge in [0.15, 0.2) is 5.17 Å². The first kappa shape index (κ1) is 17.5. The third-order valence-electron chi connectivity index (χ3n) is 5.71. The van der Waals surface area contributed by atoms with Gasteiger partial charge in [0.2, 0.25) is 0 Å². The Morgan fingerprint density at radius 2 is 1.96 bits per heavy atom. The normalized spacial score (nSPS) is 21.3. The third-order valence-corrected chi connectivity index (χ3v) is 6.68. The summed E-state index contributed by atoms with van der Waals surface area (Å²) in [6.45, 7) is 4.06. The van der Waals surface area contributed by atoms with Crippen LogP contribution in [0, 0.1) is 11.3 Å². The van der Waals surface area contributed by atoms with Crippen molar-refractivity contribution in [2.75, 3.05) is 13.1 Å². The largest absolute Gasteiger partial charge is 0.305 e. The molecule has 1 aliphatic carbocycles. The lowest BCUT2D eigenvalue weighted by molar-refractivity contribution is 0.552. The number of aliphatic imine (C=N–C) groups is 1. The Hall–Kier alpha value is -2.59. The molecule has 2 aromatic rings. The molecule has 0 saturated carbocycles. The number of fused-ring (bicyclic) bond motifs is 3. The molecule has 4 heteroatoms. The minimum absolute atomic E-state index is 0.488. The minimum Gasteiger partial charge on any atom is -0.305 e. The van der Waals surface area contributed by atoms with Crippen LogP contribution in [0.3, 0.4) is 0 Å². The molecule has 0 spiro atoms. The smallest absolute Gasteiger partial charge is 0.166 e. The monoisotopic (exact) mass is 385 g/mol. The average Bonchev–Trinajstić information content (AvgIpc) is 2.74. The third kappa shape index (κ3) is 3.02. The molecule has 1 atom stereocenters. The van der Waals surface area contributed by atoms with Crippen LogP contribution in [0.1, 0.15) is 36.5 Å². The second kappa shape index (κ2) is 7.10. The lowest BCUT2D eigenvalue weighted by Crippen LogP contribution is -2.42. The van der Waals surface area contributed by atoms with Gasteiger partial charge in [-0.2, -0.15) is 0 Å². The van der Waals surface area contributed by atoms with Crippen molar-refractivity contribution in [3.05, 3.63) is 77.4 Å². The van der Waals surface area contributed by atoms with Crippen LogP contribution in [-0.4, -0.2) is 29.0 Å². The van der Waals surface area contributed by atoms with Crippen LogP contribution in [0.5, 0.6) is 0 Å². The van der Waals surface area contributed by atoms with E-state index in [0.717, 1.165) is 36.7 Å². The van der Waals surface area contributed by atoms with Crippen LogP contribution >= 0.6 is 11.8 Å². The predicted octanol–water partition coefficient (Wildman–Crippen LogP) is 5.69. The van der Waals surface area contributed by atoms with Gasteiger partial charge in [0.25, 0.3) is 0 Å². The summed E-state index contributed by atoms with van der Waals surface area (Å²) >= 11 is 1.56. The fourth-order valence-corrected chi connectivity index (χ4v) is 5.11. The highest BCUT2D eigenvalue weighted by atomic mass is 32.2. The first-order valence-electron chi connectivity index (χ1n) is 9.91. The first-order chi connectivity index (χ1) is 13.7. The Bertz CT molecular complexity index is 1030. The molecular weight excluding hydrogens is 362 g/mol. The summed E-state index contributed by atoms with van der Waals surface area (Å²) in [7, 11) is 0. The molecule has 0 saturated heterocycles. The van der Waals surface area contributed by atoms with Gasteiger partial charge in [-0.3, -0.25) is 10.4 Å². The van der Waals surface area contributed by atoms with Gasteiger partial charge in [-0.25, -0.2) is 0 Å². The minimum atomic E-state index is 0.488. The lowest BCUT2D eigenvalue weighted by Gasteiger charge is -2.34. The van der Waals surface area contributed by atoms with Crippen molar-refractivity contribution in [3.63, 3.8) is 0 Å². The molecule has 3 nitrogen and oxygen atoms in total. The van der Waals surface area contributed by atoms with Crippen LogP contribution in [0.25, 0.3) is 11.1 Å². The average molecular weight is 386 g/mol. The molecule has 0 radical (unpaired) electrons. The van der Waals surface area contributed by atoms with Gasteiger partial charge >= 0.3 is 0 Å². The van der Waals surface area contributed by atoms with E-state index in [4.69, 9.17) is 10.4 Å². The fourth-order valence-electron chi connectivity index (χ4n) is 4.16. The van der Waals surface area contributed by atoms with Gasteiger partial charge in [0, 0.05) is 23.5 Å². The Morgan fingerprint density at radius 3 is 2.82 bits per heavy atom. The molecule has 0 amide bonds. The van der Waals surface area contributed by atoms with E-state index < -0.39 is 0 Å². The van der Waals surface area contributed by atoms with Crippen molar-refractivity contribution < 1.29 is 0 Å². The van der Waals surface area contributed by atoms with Gasteiger partial charge in [0.05, 0.1) is 0 Å². The number of benzene rings is 2. The molecule has 0 fully saturated rings. The SMILES string of the molecule is CC1CC=C(c2ccccc2)C=C1c1ccc2c(c1)SC(=N)N1CCCN=C21. The van der Waals surface area contributed by atoms with Crippen LogP contribution in [0.15, 0.2) is 70.6 Å². The summed E-state index contributed by atoms with van der Waals surface area (Å²) in [5.74, 6) is 1.47. The predicted molar refractivity (Wildman–Crippen MR) is 119 cm³/mol. The van der Waals surface area contributed by atoms with Crippen molar-refractivity contribution >= 4 is 33.9 Å². The molecule has 2 aromatic carbocycles. The quantitative estimate of drug-likeness (QED) is 0.722. The molecule has 0 bridgehead atoms. The summed E-state index contributed by atoms with van der Waals surface area (Å²) in [6, 6.07) is 17.3. The number of hydrogen-bond acceptors (Lipinski definition) is 3. The van der Waals surface area contributed by atoms with Crippen molar-refractivity contribution in [1.82, 2.24) is 4.90 Å². The highest BCUT2D eigenvalue weighted by Crippen LogP contribution is 2.39. The van der Waals surface area contributed by atoms with Crippen molar-refractivity contribution in [2.45, 2.75) is 24.7 Å². The van der Waals surface area contributed by atoms with E-state index in [-0.39, 0.29) is 0 Å². The van der Waals surface area contributed by atoms with E-state index in [2.05, 4.69) is 72.5 Å². The first-order valence-corrected chi connectivity index (χ1v) is 10.7.